The van der Waals surface area contributed by atoms with E-state index in [4.69, 9.17) is 4.74 Å². The first-order chi connectivity index (χ1) is 17.1. The van der Waals surface area contributed by atoms with Gasteiger partial charge in [-0.2, -0.15) is 5.26 Å². The van der Waals surface area contributed by atoms with Crippen molar-refractivity contribution in [1.82, 2.24) is 4.90 Å². The van der Waals surface area contributed by atoms with Crippen LogP contribution in [0.15, 0.2) is 66.7 Å². The molecular weight excluding hydrogens is 465 g/mol. The van der Waals surface area contributed by atoms with E-state index < -0.39 is 22.3 Å². The third kappa shape index (κ3) is 6.30. The average molecular weight is 492 g/mol. The first-order valence-electron chi connectivity index (χ1n) is 11.2. The molecular formula is C27H26FN3O5. The molecule has 0 heterocycles. The van der Waals surface area contributed by atoms with E-state index in [0.29, 0.717) is 41.6 Å². The number of rotatable bonds is 10. The van der Waals surface area contributed by atoms with Gasteiger partial charge in [0.1, 0.15) is 18.0 Å². The number of nitrogens with zero attached hydrogens (tertiary/aromatic N) is 3. The molecule has 0 aliphatic carbocycles. The fourth-order valence-corrected chi connectivity index (χ4v) is 3.94. The first-order valence-corrected chi connectivity index (χ1v) is 11.2. The van der Waals surface area contributed by atoms with Crippen molar-refractivity contribution in [3.63, 3.8) is 0 Å². The maximum atomic E-state index is 13.6. The molecule has 3 aromatic rings. The van der Waals surface area contributed by atoms with Crippen LogP contribution in [0, 0.1) is 27.3 Å². The quantitative estimate of drug-likeness (QED) is 0.251. The van der Waals surface area contributed by atoms with Gasteiger partial charge in [-0.05, 0) is 86.6 Å². The van der Waals surface area contributed by atoms with Crippen LogP contribution in [0.1, 0.15) is 45.5 Å². The van der Waals surface area contributed by atoms with Crippen LogP contribution in [0.25, 0.3) is 0 Å². The number of non-ortho nitro benzene ring substituents is 1. The van der Waals surface area contributed by atoms with Crippen LogP contribution >= 0.6 is 0 Å². The van der Waals surface area contributed by atoms with E-state index in [2.05, 4.69) is 0 Å². The zero-order valence-corrected chi connectivity index (χ0v) is 20.0. The zero-order chi connectivity index (χ0) is 26.3. The Labute approximate surface area is 208 Å². The van der Waals surface area contributed by atoms with Gasteiger partial charge in [-0.1, -0.05) is 18.2 Å². The molecule has 0 spiro atoms. The largest absolute Gasteiger partial charge is 0.457 e. The van der Waals surface area contributed by atoms with Crippen LogP contribution in [0.5, 0.6) is 0 Å². The van der Waals surface area contributed by atoms with Gasteiger partial charge in [0.05, 0.1) is 22.1 Å². The van der Waals surface area contributed by atoms with Crippen LogP contribution in [0.4, 0.5) is 10.1 Å². The molecule has 3 aromatic carbocycles. The van der Waals surface area contributed by atoms with Crippen LogP contribution < -0.4 is 0 Å². The van der Waals surface area contributed by atoms with Gasteiger partial charge < -0.3 is 14.7 Å². The lowest BCUT2D eigenvalue weighted by Gasteiger charge is -2.32. The molecule has 0 aliphatic rings. The molecule has 36 heavy (non-hydrogen) atoms. The molecule has 0 saturated heterocycles. The predicted octanol–water partition coefficient (Wildman–Crippen LogP) is 4.54. The number of ether oxygens (including phenoxy) is 1. The molecule has 0 radical (unpaired) electrons. The van der Waals surface area contributed by atoms with Crippen LogP contribution in [-0.4, -0.2) is 41.5 Å². The standard InChI is InChI=1S/C27H26FN3O5/c1-30(2)15-3-14-27(33,22-7-9-23(28)10-8-22)25-13-4-19(17-29)16-21(25)18-36-26(32)20-5-11-24(12-6-20)31(34)35/h4-13,16,33H,3,14-15,18H2,1-2H3/t27-/m0/s1. The van der Waals surface area contributed by atoms with E-state index in [1.165, 1.54) is 48.5 Å². The minimum Gasteiger partial charge on any atom is -0.457 e. The van der Waals surface area contributed by atoms with Gasteiger partial charge >= 0.3 is 5.97 Å². The average Bonchev–Trinajstić information content (AvgIpc) is 2.87. The van der Waals surface area contributed by atoms with Gasteiger partial charge in [-0.15, -0.1) is 0 Å². The summed E-state index contributed by atoms with van der Waals surface area (Å²) >= 11 is 0. The minimum atomic E-state index is -1.53. The molecule has 9 heteroatoms. The number of carbonyl (C=O) groups is 1. The number of carbonyl (C=O) groups excluding carboxylic acids is 1. The molecule has 1 N–H and O–H groups in total. The molecule has 0 aliphatic heterocycles. The molecule has 0 bridgehead atoms. The number of hydrogen-bond acceptors (Lipinski definition) is 7. The van der Waals surface area contributed by atoms with Crippen LogP contribution in [-0.2, 0) is 16.9 Å². The van der Waals surface area contributed by atoms with Gasteiger partial charge in [0.2, 0.25) is 0 Å². The summed E-state index contributed by atoms with van der Waals surface area (Å²) in [4.78, 5) is 24.9. The molecule has 0 fully saturated rings. The summed E-state index contributed by atoms with van der Waals surface area (Å²) < 4.78 is 19.1. The normalized spacial score (nSPS) is 12.6. The smallest absolute Gasteiger partial charge is 0.338 e. The minimum absolute atomic E-state index is 0.123. The number of hydrogen-bond donors (Lipinski definition) is 1. The summed E-state index contributed by atoms with van der Waals surface area (Å²) in [7, 11) is 3.84. The monoisotopic (exact) mass is 491 g/mol. The topological polar surface area (TPSA) is 117 Å². The highest BCUT2D eigenvalue weighted by molar-refractivity contribution is 5.89. The lowest BCUT2D eigenvalue weighted by Crippen LogP contribution is -2.30. The molecule has 0 unspecified atom stereocenters. The molecule has 0 aromatic heterocycles. The van der Waals surface area contributed by atoms with E-state index in [1.54, 1.807) is 18.2 Å². The van der Waals surface area contributed by atoms with E-state index in [1.807, 2.05) is 25.1 Å². The maximum Gasteiger partial charge on any atom is 0.338 e. The van der Waals surface area contributed by atoms with Gasteiger partial charge in [-0.25, -0.2) is 9.18 Å². The molecule has 8 nitrogen and oxygen atoms in total. The van der Waals surface area contributed by atoms with Crippen molar-refractivity contribution in [2.24, 2.45) is 0 Å². The van der Waals surface area contributed by atoms with Crippen molar-refractivity contribution in [1.29, 1.82) is 5.26 Å². The second kappa shape index (κ2) is 11.5. The lowest BCUT2D eigenvalue weighted by molar-refractivity contribution is -0.384. The SMILES string of the molecule is CN(C)CCC[C@](O)(c1ccc(F)cc1)c1ccc(C#N)cc1COC(=O)c1ccc([N+](=O)[O-])cc1. The fourth-order valence-electron chi connectivity index (χ4n) is 3.94. The molecule has 3 rings (SSSR count). The van der Waals surface area contributed by atoms with Gasteiger partial charge in [-0.3, -0.25) is 10.1 Å². The van der Waals surface area contributed by atoms with Gasteiger partial charge in [0.15, 0.2) is 0 Å². The fraction of sp³-hybridized carbons (Fsp3) is 0.259. The maximum absolute atomic E-state index is 13.6. The number of halogens is 1. The van der Waals surface area contributed by atoms with Crippen molar-refractivity contribution in [2.45, 2.75) is 25.0 Å². The predicted molar refractivity (Wildman–Crippen MR) is 131 cm³/mol. The second-order valence-corrected chi connectivity index (χ2v) is 8.64. The number of nitriles is 1. The second-order valence-electron chi connectivity index (χ2n) is 8.64. The number of benzene rings is 3. The number of aliphatic hydroxyl groups is 1. The highest BCUT2D eigenvalue weighted by atomic mass is 19.1. The Hall–Kier alpha value is -4.13. The van der Waals surface area contributed by atoms with Crippen molar-refractivity contribution in [3.8, 4) is 6.07 Å². The van der Waals surface area contributed by atoms with Crippen molar-refractivity contribution in [2.75, 3.05) is 20.6 Å². The Morgan fingerprint density at radius 1 is 1.14 bits per heavy atom. The van der Waals surface area contributed by atoms with Gasteiger partial charge in [0, 0.05) is 12.1 Å². The van der Waals surface area contributed by atoms with Crippen molar-refractivity contribution < 1.29 is 24.0 Å². The molecule has 1 atom stereocenters. The molecule has 186 valence electrons. The Morgan fingerprint density at radius 3 is 2.39 bits per heavy atom. The first kappa shape index (κ1) is 26.5. The molecule has 0 saturated carbocycles. The lowest BCUT2D eigenvalue weighted by atomic mass is 9.80. The summed E-state index contributed by atoms with van der Waals surface area (Å²) in [5.41, 5.74) is 0.0674. The number of esters is 1. The van der Waals surface area contributed by atoms with E-state index in [-0.39, 0.29) is 17.9 Å². The number of nitro benzene ring substituents is 1. The summed E-state index contributed by atoms with van der Waals surface area (Å²) in [5.74, 6) is -1.15. The van der Waals surface area contributed by atoms with Crippen LogP contribution in [0.2, 0.25) is 0 Å². The Bertz CT molecular complexity index is 1270. The highest BCUT2D eigenvalue weighted by Crippen LogP contribution is 2.37. The van der Waals surface area contributed by atoms with Crippen molar-refractivity contribution >= 4 is 11.7 Å². The van der Waals surface area contributed by atoms with E-state index in [9.17, 15) is 29.7 Å². The summed E-state index contributed by atoms with van der Waals surface area (Å²) in [5, 5.41) is 32.2. The number of nitro groups is 1. The van der Waals surface area contributed by atoms with E-state index in [0.717, 1.165) is 0 Å². The third-order valence-electron chi connectivity index (χ3n) is 5.82. The molecule has 0 amide bonds. The summed E-state index contributed by atoms with van der Waals surface area (Å²) in [6.45, 7) is 0.447. The summed E-state index contributed by atoms with van der Waals surface area (Å²) in [6, 6.07) is 17.3. The Morgan fingerprint density at radius 2 is 1.81 bits per heavy atom. The Balaban J connectivity index is 1.95. The highest BCUT2D eigenvalue weighted by Gasteiger charge is 2.34. The van der Waals surface area contributed by atoms with Crippen LogP contribution in [0.3, 0.4) is 0 Å². The third-order valence-corrected chi connectivity index (χ3v) is 5.82. The van der Waals surface area contributed by atoms with Gasteiger partial charge in [0.25, 0.3) is 5.69 Å². The van der Waals surface area contributed by atoms with E-state index >= 15 is 0 Å². The summed E-state index contributed by atoms with van der Waals surface area (Å²) in [6.07, 6.45) is 0.912. The van der Waals surface area contributed by atoms with Crippen molar-refractivity contribution in [3.05, 3.63) is 110 Å². The Kier molecular flexibility index (Phi) is 8.48. The zero-order valence-electron chi connectivity index (χ0n) is 20.0.